The quantitative estimate of drug-likeness (QED) is 0.610. The number of nitrogens with zero attached hydrogens (tertiary/aromatic N) is 2. The van der Waals surface area contributed by atoms with E-state index in [1.807, 2.05) is 42.5 Å². The summed E-state index contributed by atoms with van der Waals surface area (Å²) < 4.78 is 5.14. The molecule has 0 aromatic heterocycles. The lowest BCUT2D eigenvalue weighted by molar-refractivity contribution is -0.123. The van der Waals surface area contributed by atoms with Crippen molar-refractivity contribution in [2.24, 2.45) is 0 Å². The van der Waals surface area contributed by atoms with Gasteiger partial charge in [-0.05, 0) is 42.0 Å². The molecular formula is C25H24N4O4. The van der Waals surface area contributed by atoms with Crippen molar-refractivity contribution >= 4 is 34.9 Å². The van der Waals surface area contributed by atoms with Crippen molar-refractivity contribution in [3.8, 4) is 5.75 Å². The number of para-hydroxylation sites is 3. The van der Waals surface area contributed by atoms with Crippen molar-refractivity contribution in [2.75, 3.05) is 35.3 Å². The average molecular weight is 444 g/mol. The lowest BCUT2D eigenvalue weighted by Gasteiger charge is -2.35. The second-order valence-corrected chi connectivity index (χ2v) is 7.48. The SMILES string of the molecule is COc1ccc(CNC(=O)CN2C(=O)CN(C(=O)Nc3ccccc3)c3ccccc32)cc1. The Labute approximate surface area is 191 Å². The summed E-state index contributed by atoms with van der Waals surface area (Å²) in [5.41, 5.74) is 2.62. The van der Waals surface area contributed by atoms with Gasteiger partial charge in [-0.25, -0.2) is 4.79 Å². The fourth-order valence-corrected chi connectivity index (χ4v) is 3.57. The number of amides is 4. The van der Waals surface area contributed by atoms with E-state index in [0.29, 0.717) is 23.6 Å². The van der Waals surface area contributed by atoms with Crippen molar-refractivity contribution in [2.45, 2.75) is 6.54 Å². The zero-order valence-corrected chi connectivity index (χ0v) is 18.2. The van der Waals surface area contributed by atoms with E-state index >= 15 is 0 Å². The number of rotatable bonds is 6. The molecule has 3 aromatic rings. The first kappa shape index (κ1) is 21.9. The summed E-state index contributed by atoms with van der Waals surface area (Å²) in [6.07, 6.45) is 0. The van der Waals surface area contributed by atoms with E-state index in [4.69, 9.17) is 4.74 Å². The Morgan fingerprint density at radius 1 is 0.909 bits per heavy atom. The zero-order valence-electron chi connectivity index (χ0n) is 18.2. The number of urea groups is 1. The maximum absolute atomic E-state index is 12.9. The van der Waals surface area contributed by atoms with Crippen molar-refractivity contribution < 1.29 is 19.1 Å². The Balaban J connectivity index is 1.44. The van der Waals surface area contributed by atoms with Gasteiger partial charge in [0.2, 0.25) is 11.8 Å². The number of hydrogen-bond acceptors (Lipinski definition) is 4. The normalized spacial score (nSPS) is 12.7. The van der Waals surface area contributed by atoms with E-state index in [-0.39, 0.29) is 24.9 Å². The summed E-state index contributed by atoms with van der Waals surface area (Å²) in [7, 11) is 1.59. The number of benzene rings is 3. The summed E-state index contributed by atoms with van der Waals surface area (Å²) in [6, 6.07) is 23.0. The van der Waals surface area contributed by atoms with Gasteiger partial charge in [-0.15, -0.1) is 0 Å². The van der Waals surface area contributed by atoms with E-state index in [2.05, 4.69) is 10.6 Å². The van der Waals surface area contributed by atoms with Gasteiger partial charge in [0.05, 0.1) is 18.5 Å². The first-order chi connectivity index (χ1) is 16.0. The van der Waals surface area contributed by atoms with E-state index in [1.54, 1.807) is 43.5 Å². The Kier molecular flexibility index (Phi) is 6.54. The molecular weight excluding hydrogens is 420 g/mol. The highest BCUT2D eigenvalue weighted by Gasteiger charge is 2.33. The third kappa shape index (κ3) is 5.12. The molecule has 1 heterocycles. The number of nitrogens with one attached hydrogen (secondary N) is 2. The fourth-order valence-electron chi connectivity index (χ4n) is 3.57. The maximum Gasteiger partial charge on any atom is 0.326 e. The first-order valence-electron chi connectivity index (χ1n) is 10.5. The van der Waals surface area contributed by atoms with Crippen LogP contribution in [-0.2, 0) is 16.1 Å². The maximum atomic E-state index is 12.9. The lowest BCUT2D eigenvalue weighted by Crippen LogP contribution is -2.51. The molecule has 1 aliphatic heterocycles. The van der Waals surface area contributed by atoms with Gasteiger partial charge in [0.25, 0.3) is 0 Å². The zero-order chi connectivity index (χ0) is 23.2. The molecule has 8 nitrogen and oxygen atoms in total. The first-order valence-corrected chi connectivity index (χ1v) is 10.5. The molecule has 0 radical (unpaired) electrons. The van der Waals surface area contributed by atoms with Crippen LogP contribution in [0, 0.1) is 0 Å². The predicted octanol–water partition coefficient (Wildman–Crippen LogP) is 3.40. The minimum absolute atomic E-state index is 0.139. The monoisotopic (exact) mass is 444 g/mol. The molecule has 2 N–H and O–H groups in total. The number of fused-ring (bicyclic) bond motifs is 1. The molecule has 0 bridgehead atoms. The molecule has 0 aliphatic carbocycles. The molecule has 33 heavy (non-hydrogen) atoms. The molecule has 4 rings (SSSR count). The molecule has 0 fully saturated rings. The van der Waals surface area contributed by atoms with E-state index in [1.165, 1.54) is 9.80 Å². The van der Waals surface area contributed by atoms with Crippen molar-refractivity contribution in [1.29, 1.82) is 0 Å². The predicted molar refractivity (Wildman–Crippen MR) is 126 cm³/mol. The molecule has 0 spiro atoms. The van der Waals surface area contributed by atoms with Gasteiger partial charge in [-0.3, -0.25) is 19.4 Å². The Morgan fingerprint density at radius 3 is 2.27 bits per heavy atom. The highest BCUT2D eigenvalue weighted by Crippen LogP contribution is 2.33. The van der Waals surface area contributed by atoms with Gasteiger partial charge < -0.3 is 15.4 Å². The molecule has 0 saturated heterocycles. The smallest absolute Gasteiger partial charge is 0.326 e. The number of hydrogen-bond donors (Lipinski definition) is 2. The van der Waals surface area contributed by atoms with Crippen LogP contribution < -0.4 is 25.2 Å². The van der Waals surface area contributed by atoms with Crippen molar-refractivity contribution in [3.05, 3.63) is 84.4 Å². The fraction of sp³-hybridized carbons (Fsp3) is 0.160. The highest BCUT2D eigenvalue weighted by atomic mass is 16.5. The number of anilines is 3. The van der Waals surface area contributed by atoms with Gasteiger partial charge in [0, 0.05) is 12.2 Å². The van der Waals surface area contributed by atoms with Crippen LogP contribution in [0.2, 0.25) is 0 Å². The Bertz CT molecular complexity index is 1150. The third-order valence-corrected chi connectivity index (χ3v) is 5.28. The molecule has 0 saturated carbocycles. The molecule has 1 aliphatic rings. The van der Waals surface area contributed by atoms with Crippen LogP contribution in [0.1, 0.15) is 5.56 Å². The van der Waals surface area contributed by atoms with Crippen LogP contribution in [0.5, 0.6) is 5.75 Å². The van der Waals surface area contributed by atoms with Crippen LogP contribution in [0.4, 0.5) is 21.9 Å². The number of ether oxygens (including phenoxy) is 1. The molecule has 8 heteroatoms. The molecule has 0 unspecified atom stereocenters. The van der Waals surface area contributed by atoms with Gasteiger partial charge in [-0.2, -0.15) is 0 Å². The van der Waals surface area contributed by atoms with Gasteiger partial charge in [-0.1, -0.05) is 42.5 Å². The van der Waals surface area contributed by atoms with Crippen molar-refractivity contribution in [3.63, 3.8) is 0 Å². The van der Waals surface area contributed by atoms with Crippen LogP contribution in [0.15, 0.2) is 78.9 Å². The number of methoxy groups -OCH3 is 1. The summed E-state index contributed by atoms with van der Waals surface area (Å²) in [6.45, 7) is 0.0275. The van der Waals surface area contributed by atoms with Crippen LogP contribution in [-0.4, -0.2) is 38.0 Å². The summed E-state index contributed by atoms with van der Waals surface area (Å²) >= 11 is 0. The third-order valence-electron chi connectivity index (χ3n) is 5.28. The molecule has 3 aromatic carbocycles. The highest BCUT2D eigenvalue weighted by molar-refractivity contribution is 6.14. The second-order valence-electron chi connectivity index (χ2n) is 7.48. The molecule has 0 atom stereocenters. The van der Waals surface area contributed by atoms with Crippen LogP contribution in [0.25, 0.3) is 0 Å². The van der Waals surface area contributed by atoms with E-state index in [0.717, 1.165) is 11.3 Å². The Hall–Kier alpha value is -4.33. The average Bonchev–Trinajstić information content (AvgIpc) is 2.85. The summed E-state index contributed by atoms with van der Waals surface area (Å²) in [4.78, 5) is 41.2. The van der Waals surface area contributed by atoms with Gasteiger partial charge in [0.1, 0.15) is 18.8 Å². The largest absolute Gasteiger partial charge is 0.497 e. The summed E-state index contributed by atoms with van der Waals surface area (Å²) in [5.74, 6) is 0.106. The van der Waals surface area contributed by atoms with Crippen LogP contribution in [0.3, 0.4) is 0 Å². The molecule has 168 valence electrons. The van der Waals surface area contributed by atoms with Gasteiger partial charge in [0.15, 0.2) is 0 Å². The topological polar surface area (TPSA) is 91.0 Å². The minimum atomic E-state index is -0.411. The summed E-state index contributed by atoms with van der Waals surface area (Å²) in [5, 5.41) is 5.64. The van der Waals surface area contributed by atoms with E-state index < -0.39 is 6.03 Å². The van der Waals surface area contributed by atoms with Crippen LogP contribution >= 0.6 is 0 Å². The van der Waals surface area contributed by atoms with Crippen molar-refractivity contribution in [1.82, 2.24) is 5.32 Å². The lowest BCUT2D eigenvalue weighted by atomic mass is 10.1. The second kappa shape index (κ2) is 9.86. The standard InChI is InChI=1S/C25H24N4O4/c1-33-20-13-11-18(12-14-20)15-26-23(30)16-28-21-9-5-6-10-22(21)29(17-24(28)31)25(32)27-19-7-3-2-4-8-19/h2-14H,15-17H2,1H3,(H,26,30)(H,27,32). The van der Waals surface area contributed by atoms with E-state index in [9.17, 15) is 14.4 Å². The number of carbonyl (C=O) groups is 3. The van der Waals surface area contributed by atoms with Gasteiger partial charge >= 0.3 is 6.03 Å². The molecule has 4 amide bonds. The number of carbonyl (C=O) groups excluding carboxylic acids is 3. The Morgan fingerprint density at radius 2 is 1.58 bits per heavy atom. The minimum Gasteiger partial charge on any atom is -0.497 e.